The van der Waals surface area contributed by atoms with Gasteiger partial charge in [0.05, 0.1) is 0 Å². The van der Waals surface area contributed by atoms with E-state index in [-0.39, 0.29) is 44.0 Å². The Morgan fingerprint density at radius 1 is 0.269 bits per heavy atom. The van der Waals surface area contributed by atoms with Crippen molar-refractivity contribution in [2.24, 2.45) is 0 Å². The monoisotopic (exact) mass is 1070 g/mol. The molecular weight excluding hydrogens is 961 g/mol. The van der Waals surface area contributed by atoms with E-state index in [4.69, 9.17) is 14.2 Å². The molecule has 6 heteroatoms. The zero-order chi connectivity index (χ0) is 56.4. The molecule has 78 heavy (non-hydrogen) atoms. The summed E-state index contributed by atoms with van der Waals surface area (Å²) in [5.41, 5.74) is 0. The largest absolute Gasteiger partial charge is 0.462 e. The number of allylic oxidation sites excluding steroid dienone is 30. The van der Waals surface area contributed by atoms with Crippen LogP contribution in [0.2, 0.25) is 0 Å². The Morgan fingerprint density at radius 2 is 0.513 bits per heavy atom. The topological polar surface area (TPSA) is 78.9 Å². The smallest absolute Gasteiger partial charge is 0.306 e. The average Bonchev–Trinajstić information content (AvgIpc) is 3.44. The Balaban J connectivity index is 4.52. The summed E-state index contributed by atoms with van der Waals surface area (Å²) in [6.07, 6.45) is 96.1. The lowest BCUT2D eigenvalue weighted by molar-refractivity contribution is -0.167. The summed E-state index contributed by atoms with van der Waals surface area (Å²) in [5, 5.41) is 0. The molecule has 0 aliphatic heterocycles. The van der Waals surface area contributed by atoms with Crippen molar-refractivity contribution in [1.29, 1.82) is 0 Å². The van der Waals surface area contributed by atoms with Gasteiger partial charge in [-0.3, -0.25) is 14.4 Å². The third-order valence-electron chi connectivity index (χ3n) is 12.1. The molecule has 0 radical (unpaired) electrons. The number of carbonyl (C=O) groups is 3. The number of hydrogen-bond donors (Lipinski definition) is 0. The number of esters is 3. The van der Waals surface area contributed by atoms with Gasteiger partial charge in [-0.25, -0.2) is 0 Å². The van der Waals surface area contributed by atoms with Crippen LogP contribution in [0, 0.1) is 0 Å². The SMILES string of the molecule is CC/C=C\C/C=C\C/C=C\C/C=C\C/C=C\C/C=C\C/C=C\C/C=C\C/C=C\CCCC(=O)OCC(COC(=O)CCCCCCC/C=C\CCCCC)OC(=O)CCCCC/C=C\C/C=C\C/C=C\C/C=C\C/C=C\CC. The highest BCUT2D eigenvalue weighted by Gasteiger charge is 2.19. The first-order valence-corrected chi connectivity index (χ1v) is 30.8. The summed E-state index contributed by atoms with van der Waals surface area (Å²) in [6.45, 7) is 6.28. The van der Waals surface area contributed by atoms with Gasteiger partial charge in [0.15, 0.2) is 6.10 Å². The normalized spacial score (nSPS) is 13.4. The van der Waals surface area contributed by atoms with Gasteiger partial charge in [0.2, 0.25) is 0 Å². The van der Waals surface area contributed by atoms with E-state index in [1.165, 1.54) is 32.1 Å². The van der Waals surface area contributed by atoms with Crippen molar-refractivity contribution >= 4 is 17.9 Å². The highest BCUT2D eigenvalue weighted by Crippen LogP contribution is 2.12. The summed E-state index contributed by atoms with van der Waals surface area (Å²) in [4.78, 5) is 38.2. The predicted octanol–water partition coefficient (Wildman–Crippen LogP) is 21.3. The van der Waals surface area contributed by atoms with Gasteiger partial charge in [-0.15, -0.1) is 0 Å². The first-order valence-electron chi connectivity index (χ1n) is 30.8. The lowest BCUT2D eigenvalue weighted by Crippen LogP contribution is -2.30. The van der Waals surface area contributed by atoms with Crippen LogP contribution in [0.4, 0.5) is 0 Å². The summed E-state index contributed by atoms with van der Waals surface area (Å²) in [5.74, 6) is -1.04. The molecule has 0 aliphatic carbocycles. The maximum Gasteiger partial charge on any atom is 0.306 e. The van der Waals surface area contributed by atoms with Crippen LogP contribution in [0.3, 0.4) is 0 Å². The fourth-order valence-corrected chi connectivity index (χ4v) is 7.58. The van der Waals surface area contributed by atoms with Gasteiger partial charge in [-0.05, 0) is 154 Å². The van der Waals surface area contributed by atoms with Crippen LogP contribution in [0.5, 0.6) is 0 Å². The van der Waals surface area contributed by atoms with Crippen molar-refractivity contribution in [1.82, 2.24) is 0 Å². The van der Waals surface area contributed by atoms with Crippen molar-refractivity contribution < 1.29 is 28.6 Å². The third-order valence-corrected chi connectivity index (χ3v) is 12.1. The van der Waals surface area contributed by atoms with E-state index in [1.807, 2.05) is 0 Å². The van der Waals surface area contributed by atoms with Gasteiger partial charge in [-0.1, -0.05) is 242 Å². The van der Waals surface area contributed by atoms with Crippen molar-refractivity contribution in [3.63, 3.8) is 0 Å². The zero-order valence-corrected chi connectivity index (χ0v) is 49.6. The van der Waals surface area contributed by atoms with Gasteiger partial charge in [0, 0.05) is 19.3 Å². The van der Waals surface area contributed by atoms with Crippen LogP contribution >= 0.6 is 0 Å². The van der Waals surface area contributed by atoms with Gasteiger partial charge in [0.1, 0.15) is 13.2 Å². The highest BCUT2D eigenvalue weighted by molar-refractivity contribution is 5.71. The van der Waals surface area contributed by atoms with E-state index in [1.54, 1.807) is 0 Å². The zero-order valence-electron chi connectivity index (χ0n) is 49.6. The maximum absolute atomic E-state index is 12.9. The van der Waals surface area contributed by atoms with Crippen LogP contribution < -0.4 is 0 Å². The Hall–Kier alpha value is -5.49. The Kier molecular flexibility index (Phi) is 59.5. The van der Waals surface area contributed by atoms with Crippen LogP contribution in [-0.2, 0) is 28.6 Å². The molecule has 1 atom stereocenters. The van der Waals surface area contributed by atoms with E-state index in [9.17, 15) is 14.4 Å². The van der Waals surface area contributed by atoms with Gasteiger partial charge in [0.25, 0.3) is 0 Å². The minimum Gasteiger partial charge on any atom is -0.462 e. The van der Waals surface area contributed by atoms with Gasteiger partial charge >= 0.3 is 17.9 Å². The third kappa shape index (κ3) is 61.4. The maximum atomic E-state index is 12.9. The molecule has 6 nitrogen and oxygen atoms in total. The first-order chi connectivity index (χ1) is 38.5. The molecule has 0 fully saturated rings. The minimum atomic E-state index is -0.833. The fourth-order valence-electron chi connectivity index (χ4n) is 7.58. The van der Waals surface area contributed by atoms with E-state index in [0.717, 1.165) is 148 Å². The summed E-state index contributed by atoms with van der Waals surface area (Å²) >= 11 is 0. The second-order valence-electron chi connectivity index (χ2n) is 19.5. The van der Waals surface area contributed by atoms with E-state index in [0.29, 0.717) is 19.3 Å². The summed E-state index contributed by atoms with van der Waals surface area (Å²) < 4.78 is 16.8. The van der Waals surface area contributed by atoms with Gasteiger partial charge < -0.3 is 14.2 Å². The molecule has 0 saturated carbocycles. The van der Waals surface area contributed by atoms with E-state index >= 15 is 0 Å². The minimum absolute atomic E-state index is 0.123. The Labute approximate surface area is 478 Å². The molecular formula is C72H110O6. The molecule has 0 aliphatic rings. The molecule has 0 rings (SSSR count). The highest BCUT2D eigenvalue weighted by atomic mass is 16.6. The quantitative estimate of drug-likeness (QED) is 0.0261. The molecule has 0 aromatic heterocycles. The molecule has 0 spiro atoms. The molecule has 0 heterocycles. The lowest BCUT2D eigenvalue weighted by Gasteiger charge is -2.18. The molecule has 0 saturated heterocycles. The number of carbonyl (C=O) groups excluding carboxylic acids is 3. The molecule has 1 unspecified atom stereocenters. The van der Waals surface area contributed by atoms with E-state index in [2.05, 4.69) is 203 Å². The second kappa shape index (κ2) is 64.0. The van der Waals surface area contributed by atoms with Crippen LogP contribution in [0.25, 0.3) is 0 Å². The van der Waals surface area contributed by atoms with Crippen molar-refractivity contribution in [2.75, 3.05) is 13.2 Å². The summed E-state index contributed by atoms with van der Waals surface area (Å²) in [6, 6.07) is 0. The van der Waals surface area contributed by atoms with Crippen molar-refractivity contribution in [3.8, 4) is 0 Å². The van der Waals surface area contributed by atoms with Crippen LogP contribution in [0.15, 0.2) is 182 Å². The van der Waals surface area contributed by atoms with E-state index < -0.39 is 6.10 Å². The Morgan fingerprint density at radius 3 is 0.859 bits per heavy atom. The van der Waals surface area contributed by atoms with Gasteiger partial charge in [-0.2, -0.15) is 0 Å². The molecule has 0 N–H and O–H groups in total. The standard InChI is InChI=1S/C72H110O6/c1-4-7-10-13-16-19-22-25-27-29-31-32-33-34-35-36-37-38-39-40-42-43-45-47-50-53-56-59-62-65-71(74)77-68-69(67-76-70(73)64-61-58-55-52-49-24-21-18-15-12-9-6-3)78-72(75)66-63-60-57-54-51-48-46-44-41-30-28-26-23-20-17-14-11-8-5-2/h7-8,10-11,16-21,25-28,31-32,34-35,37-38,40-42,44-45,47-48,51,53,56,69H,4-6,9,12-15,22-24,29-30,33,36,39,43,46,49-50,52,54-55,57-68H2,1-3H3/b10-7-,11-8-,19-16-,20-17-,21-18-,27-25-,28-26-,32-31-,35-34-,38-37-,42-40-,44-41-,47-45-,51-48-,56-53-. The number of hydrogen-bond acceptors (Lipinski definition) is 6. The second-order valence-corrected chi connectivity index (χ2v) is 19.5. The molecule has 0 amide bonds. The van der Waals surface area contributed by atoms with Crippen LogP contribution in [-0.4, -0.2) is 37.2 Å². The predicted molar refractivity (Wildman–Crippen MR) is 338 cm³/mol. The van der Waals surface area contributed by atoms with Crippen molar-refractivity contribution in [3.05, 3.63) is 182 Å². The molecule has 0 aromatic rings. The van der Waals surface area contributed by atoms with Crippen LogP contribution in [0.1, 0.15) is 233 Å². The number of ether oxygens (including phenoxy) is 3. The average molecular weight is 1070 g/mol. The number of rotatable bonds is 53. The molecule has 434 valence electrons. The first kappa shape index (κ1) is 72.5. The Bertz CT molecular complexity index is 1850. The molecule has 0 aromatic carbocycles. The van der Waals surface area contributed by atoms with Crippen molar-refractivity contribution in [2.45, 2.75) is 239 Å². The number of unbranched alkanes of at least 4 members (excludes halogenated alkanes) is 12. The summed E-state index contributed by atoms with van der Waals surface area (Å²) in [7, 11) is 0. The molecule has 0 bridgehead atoms. The fraction of sp³-hybridized carbons (Fsp3) is 0.542. The lowest BCUT2D eigenvalue weighted by atomic mass is 10.1.